The highest BCUT2D eigenvalue weighted by molar-refractivity contribution is 5.43. The lowest BCUT2D eigenvalue weighted by atomic mass is 9.77. The van der Waals surface area contributed by atoms with Crippen molar-refractivity contribution in [1.82, 2.24) is 76.4 Å². The van der Waals surface area contributed by atoms with Gasteiger partial charge in [0.05, 0.1) is 49.4 Å². The maximum absolute atomic E-state index is 13.9. The van der Waals surface area contributed by atoms with E-state index >= 15 is 0 Å². The standard InChI is InChI=1S/C19H29F3N2.C15H29FN2.C15H28N4.C15H30N2O.C14H27F3N2O.C12H24N2O.C11H23FN2/c1-18(2,3)23-16-10-9-14(12-17(16)24(4)5)13-7-6-8-15(11-13)19(20,21)22;1-14(2,3)17-12-7-5-6-8-13(12)18(4)11-15(16)9-10-15;1-15(2,3)17-13-8-6-7-9-14(13)19(5)12-10-16-18(4)11-12;1-11(2)16-13-6-4-5-7-14(13)17(3)10-15(18)12-8-9-12;1-13(2,3)18-11-6-5-10(14(15,16)17)9-12(11)19(4)7-8-20;1-13-11-6-2-3-7-12(11)14-8-4-5-10(14)9-15;1-13-10-6-3-4-7-11(10)14(2)9-5-8-12/h6-8,11,14,16-17,23H,9-10,12H2,1-5H3;12-13,17H,5-11H2,1-4H3;10-11,13-14,17H,6-9H2,1-5H3;11-16,18H,4-10H2,1-3H3;10-12,18,20H,5-9H2,1-4H3;10-13,15H,2-9H2,1H3;10-11,13H,3-9H2,1-2H3/t14-,16+,17+;12-,13-;13-,14-;13-,14-,15?;2*10-,11-,12-;10-,11-/m1000000/s1. The van der Waals surface area contributed by atoms with Crippen LogP contribution >= 0.6 is 0 Å². The molecule has 748 valence electrons. The van der Waals surface area contributed by atoms with E-state index in [0.717, 1.165) is 56.8 Å². The van der Waals surface area contributed by atoms with E-state index in [2.05, 4.69) is 203 Å². The van der Waals surface area contributed by atoms with E-state index in [1.54, 1.807) is 7.05 Å². The van der Waals surface area contributed by atoms with Crippen LogP contribution in [0.1, 0.15) is 326 Å². The van der Waals surface area contributed by atoms with Crippen LogP contribution in [0.3, 0.4) is 0 Å². The molecule has 0 radical (unpaired) electrons. The third kappa shape index (κ3) is 40.4. The van der Waals surface area contributed by atoms with E-state index < -0.39 is 29.5 Å². The summed E-state index contributed by atoms with van der Waals surface area (Å²) in [5.74, 6) is -0.461. The number of aromatic nitrogens is 2. The zero-order valence-electron chi connectivity index (χ0n) is 84.9. The van der Waals surface area contributed by atoms with Crippen LogP contribution in [0, 0.1) is 11.8 Å². The van der Waals surface area contributed by atoms with Crippen molar-refractivity contribution in [3.05, 3.63) is 47.8 Å². The Bertz CT molecular complexity index is 3300. The van der Waals surface area contributed by atoms with Crippen molar-refractivity contribution in [3.63, 3.8) is 0 Å². The van der Waals surface area contributed by atoms with Gasteiger partial charge in [0.25, 0.3) is 0 Å². The molecule has 0 bridgehead atoms. The number of likely N-dealkylation sites (N-methyl/N-ethyl adjacent to an activating group) is 8. The van der Waals surface area contributed by atoms with Crippen LogP contribution in [-0.2, 0) is 13.2 Å². The zero-order valence-corrected chi connectivity index (χ0v) is 84.9. The van der Waals surface area contributed by atoms with E-state index in [1.165, 1.54) is 178 Å². The second-order valence-corrected chi connectivity index (χ2v) is 45.1. The van der Waals surface area contributed by atoms with Gasteiger partial charge in [0.1, 0.15) is 5.67 Å². The molecule has 1 aromatic heterocycles. The van der Waals surface area contributed by atoms with Crippen molar-refractivity contribution in [2.24, 2.45) is 18.9 Å². The smallest absolute Gasteiger partial charge is 0.395 e. The minimum Gasteiger partial charge on any atom is -0.395 e. The molecular formula is C101H190F8N16O3. The van der Waals surface area contributed by atoms with Crippen LogP contribution in [0.15, 0.2) is 36.7 Å². The quantitative estimate of drug-likeness (QED) is 0.0363. The fourth-order valence-electron chi connectivity index (χ4n) is 22.1. The SMILES string of the molecule is CC(C)N[C@H]1CCCC[C@@H]1N(C)CC(O)C1CC1.CN(C)[C@H]1C[C@H](c2cccc(C(F)(F)F)c2)CC[C@@H]1NC(C)(C)C.CN(CC1(F)CC1)[C@H]1CCCC[C@@H]1NC(C)(C)C.CN(CCO)[C@H]1C[C@@H](C(F)(F)F)CC[C@@H]1NC(C)(C)C.CN(c1cnn(C)c1)[C@H]1CCCC[C@@H]1NC(C)(C)C.CN[C@H]1CCCC[C@@H]1N(C)CCCF.CN[C@H]1CCCC[C@@H]1N1CCC[C@H]1CO. The van der Waals surface area contributed by atoms with Gasteiger partial charge in [-0.05, 0) is 317 Å². The number of hydrogen-bond acceptors (Lipinski definition) is 18. The summed E-state index contributed by atoms with van der Waals surface area (Å²) in [5.41, 5.74) is 0.843. The first-order valence-corrected chi connectivity index (χ1v) is 50.5. The molecule has 1 unspecified atom stereocenters. The Morgan fingerprint density at radius 2 is 1.00 bits per heavy atom. The molecule has 27 heteroatoms. The van der Waals surface area contributed by atoms with Crippen molar-refractivity contribution in [2.75, 3.05) is 121 Å². The number of benzene rings is 1. The van der Waals surface area contributed by atoms with Gasteiger partial charge in [-0.15, -0.1) is 0 Å². The third-order valence-electron chi connectivity index (χ3n) is 28.8. The normalized spacial score (nSPS) is 29.4. The lowest BCUT2D eigenvalue weighted by Gasteiger charge is -2.44. The molecule has 9 aliphatic carbocycles. The molecule has 0 spiro atoms. The molecule has 19 nitrogen and oxygen atoms in total. The maximum atomic E-state index is 13.9. The first kappa shape index (κ1) is 114. The third-order valence-corrected chi connectivity index (χ3v) is 28.8. The number of likely N-dealkylation sites (tertiary alicyclic amines) is 1. The van der Waals surface area contributed by atoms with Crippen LogP contribution in [-0.4, -0.2) is 307 Å². The minimum atomic E-state index is -4.28. The molecule has 12 rings (SSSR count). The molecule has 0 amide bonds. The van der Waals surface area contributed by atoms with Crippen molar-refractivity contribution in [1.29, 1.82) is 0 Å². The van der Waals surface area contributed by atoms with Gasteiger partial charge in [-0.2, -0.15) is 31.4 Å². The van der Waals surface area contributed by atoms with Gasteiger partial charge in [0.2, 0.25) is 0 Å². The Hall–Kier alpha value is -2.97. The number of nitrogens with one attached hydrogen (secondary N) is 7. The minimum absolute atomic E-state index is 0.0297. The first-order chi connectivity index (χ1) is 59.9. The number of halogens is 8. The van der Waals surface area contributed by atoms with Crippen LogP contribution < -0.4 is 42.1 Å². The van der Waals surface area contributed by atoms with Crippen molar-refractivity contribution >= 4 is 5.69 Å². The van der Waals surface area contributed by atoms with Gasteiger partial charge in [0, 0.05) is 165 Å². The first-order valence-electron chi connectivity index (χ1n) is 50.5. The van der Waals surface area contributed by atoms with Crippen LogP contribution in [0.2, 0.25) is 0 Å². The van der Waals surface area contributed by atoms with Crippen molar-refractivity contribution in [3.8, 4) is 0 Å². The molecule has 10 N–H and O–H groups in total. The molecule has 1 aliphatic heterocycles. The van der Waals surface area contributed by atoms with Crippen molar-refractivity contribution in [2.45, 2.75) is 458 Å². The summed E-state index contributed by atoms with van der Waals surface area (Å²) in [6.07, 6.45) is 32.2. The Balaban J connectivity index is 0.000000232. The number of anilines is 1. The largest absolute Gasteiger partial charge is 0.416 e. The Morgan fingerprint density at radius 1 is 0.523 bits per heavy atom. The van der Waals surface area contributed by atoms with Crippen molar-refractivity contribution < 1.29 is 50.4 Å². The highest BCUT2D eigenvalue weighted by Gasteiger charge is 2.49. The van der Waals surface area contributed by atoms with Crippen LogP contribution in [0.4, 0.5) is 40.8 Å². The van der Waals surface area contributed by atoms with E-state index in [-0.39, 0.29) is 72.4 Å². The lowest BCUT2D eigenvalue weighted by Crippen LogP contribution is -2.58. The maximum Gasteiger partial charge on any atom is 0.416 e. The summed E-state index contributed by atoms with van der Waals surface area (Å²) in [4.78, 5) is 16.0. The average Bonchev–Trinajstić information content (AvgIpc) is 1.54. The summed E-state index contributed by atoms with van der Waals surface area (Å²) in [5, 5.41) is 57.9. The van der Waals surface area contributed by atoms with E-state index in [4.69, 9.17) is 5.11 Å². The Labute approximate surface area is 774 Å². The average molecular weight is 1830 g/mol. The number of alkyl halides is 8. The summed E-state index contributed by atoms with van der Waals surface area (Å²) < 4.78 is 106. The highest BCUT2D eigenvalue weighted by Crippen LogP contribution is 2.44. The van der Waals surface area contributed by atoms with Gasteiger partial charge in [-0.1, -0.05) is 96.3 Å². The summed E-state index contributed by atoms with van der Waals surface area (Å²) in [6.45, 7) is 34.4. The number of hydrogen-bond donors (Lipinski definition) is 10. The van der Waals surface area contributed by atoms with Crippen LogP contribution in [0.5, 0.6) is 0 Å². The molecule has 10 aliphatic rings. The Kier molecular flexibility index (Phi) is 47.7. The second-order valence-electron chi connectivity index (χ2n) is 45.1. The fraction of sp³-hybridized carbons (Fsp3) is 0.911. The zero-order chi connectivity index (χ0) is 95.3. The van der Waals surface area contributed by atoms with E-state index in [9.17, 15) is 45.3 Å². The monoisotopic (exact) mass is 1830 g/mol. The summed E-state index contributed by atoms with van der Waals surface area (Å²) in [6, 6.07) is 13.3. The number of rotatable bonds is 28. The molecule has 18 atom stereocenters. The van der Waals surface area contributed by atoms with Gasteiger partial charge < -0.3 is 67.2 Å². The topological polar surface area (TPSA) is 185 Å². The lowest BCUT2D eigenvalue weighted by molar-refractivity contribution is -0.188. The number of aliphatic hydroxyl groups is 3. The van der Waals surface area contributed by atoms with Gasteiger partial charge in [-0.25, -0.2) is 4.39 Å². The number of aliphatic hydroxyl groups excluding tert-OH is 3. The fourth-order valence-corrected chi connectivity index (χ4v) is 22.1. The van der Waals surface area contributed by atoms with Crippen LogP contribution in [0.25, 0.3) is 0 Å². The Morgan fingerprint density at radius 3 is 1.48 bits per heavy atom. The summed E-state index contributed by atoms with van der Waals surface area (Å²) in [7, 11) is 20.6. The predicted molar refractivity (Wildman–Crippen MR) is 517 cm³/mol. The van der Waals surface area contributed by atoms with Gasteiger partial charge in [-0.3, -0.25) is 28.7 Å². The molecule has 2 aromatic rings. The van der Waals surface area contributed by atoms with Gasteiger partial charge >= 0.3 is 12.4 Å². The molecular weight excluding hydrogens is 1640 g/mol. The highest BCUT2D eigenvalue weighted by atomic mass is 19.4. The van der Waals surface area contributed by atoms with Gasteiger partial charge in [0.15, 0.2) is 0 Å². The van der Waals surface area contributed by atoms with E-state index in [1.807, 2.05) is 56.7 Å². The predicted octanol–water partition coefficient (Wildman–Crippen LogP) is 17.5. The van der Waals surface area contributed by atoms with E-state index in [0.29, 0.717) is 123 Å². The summed E-state index contributed by atoms with van der Waals surface area (Å²) >= 11 is 0. The molecule has 1 aromatic carbocycles. The number of aryl methyl sites for hydroxylation is 1. The molecule has 10 fully saturated rings. The molecule has 1 saturated heterocycles. The molecule has 2 heterocycles. The molecule has 128 heavy (non-hydrogen) atoms. The molecule has 9 saturated carbocycles. The number of nitrogens with zero attached hydrogens (tertiary/aromatic N) is 9. The second kappa shape index (κ2) is 53.7.